The molecule has 0 aliphatic carbocycles. The van der Waals surface area contributed by atoms with Crippen LogP contribution in [0.3, 0.4) is 0 Å². The molecule has 3 heteroatoms. The van der Waals surface area contributed by atoms with Crippen molar-refractivity contribution in [1.29, 1.82) is 0 Å². The molecule has 0 spiro atoms. The molecule has 0 fully saturated rings. The molecule has 0 saturated heterocycles. The minimum atomic E-state index is -0.159. The molecule has 0 radical (unpaired) electrons. The van der Waals surface area contributed by atoms with Crippen LogP contribution < -0.4 is 11.3 Å². The van der Waals surface area contributed by atoms with Crippen molar-refractivity contribution in [3.63, 3.8) is 0 Å². The number of methoxy groups -OCH3 is 1. The van der Waals surface area contributed by atoms with Crippen LogP contribution in [-0.4, -0.2) is 18.8 Å². The van der Waals surface area contributed by atoms with E-state index in [1.807, 2.05) is 0 Å². The van der Waals surface area contributed by atoms with Crippen LogP contribution in [0, 0.1) is 13.8 Å². The number of ether oxygens (including phenoxy) is 1. The van der Waals surface area contributed by atoms with Crippen LogP contribution in [0.5, 0.6) is 0 Å². The molecule has 1 atom stereocenters. The molecule has 102 valence electrons. The van der Waals surface area contributed by atoms with Gasteiger partial charge in [0.1, 0.15) is 0 Å². The summed E-state index contributed by atoms with van der Waals surface area (Å²) in [5.74, 6) is 5.68. The summed E-state index contributed by atoms with van der Waals surface area (Å²) in [4.78, 5) is 0. The Morgan fingerprint density at radius 3 is 2.28 bits per heavy atom. The number of benzene rings is 1. The van der Waals surface area contributed by atoms with E-state index in [2.05, 4.69) is 51.3 Å². The Kier molecular flexibility index (Phi) is 5.32. The highest BCUT2D eigenvalue weighted by Crippen LogP contribution is 2.21. The van der Waals surface area contributed by atoms with E-state index < -0.39 is 0 Å². The van der Waals surface area contributed by atoms with Crippen LogP contribution >= 0.6 is 0 Å². The molecule has 18 heavy (non-hydrogen) atoms. The third kappa shape index (κ3) is 4.09. The van der Waals surface area contributed by atoms with Crippen LogP contribution in [0.2, 0.25) is 0 Å². The Balaban J connectivity index is 2.80. The molecule has 0 saturated carbocycles. The highest BCUT2D eigenvalue weighted by atomic mass is 16.5. The van der Waals surface area contributed by atoms with Gasteiger partial charge in [0.05, 0.1) is 5.60 Å². The Morgan fingerprint density at radius 1 is 1.28 bits per heavy atom. The van der Waals surface area contributed by atoms with E-state index in [4.69, 9.17) is 10.6 Å². The van der Waals surface area contributed by atoms with Crippen molar-refractivity contribution in [3.05, 3.63) is 34.9 Å². The lowest BCUT2D eigenvalue weighted by atomic mass is 9.91. The number of hydrazine groups is 1. The molecule has 0 aliphatic heterocycles. The monoisotopic (exact) mass is 250 g/mol. The van der Waals surface area contributed by atoms with Crippen LogP contribution in [-0.2, 0) is 11.2 Å². The molecular formula is C15H26N2O. The standard InChI is InChI=1S/C15H26N2O/c1-11-7-6-8-12(2)14(11)9-13(17-16)10-15(3,4)18-5/h6-8,13,17H,9-10,16H2,1-5H3. The summed E-state index contributed by atoms with van der Waals surface area (Å²) in [6, 6.07) is 6.62. The maximum Gasteiger partial charge on any atom is 0.0638 e. The summed E-state index contributed by atoms with van der Waals surface area (Å²) in [6.07, 6.45) is 1.82. The Morgan fingerprint density at radius 2 is 1.83 bits per heavy atom. The van der Waals surface area contributed by atoms with Crippen LogP contribution in [0.1, 0.15) is 37.0 Å². The predicted molar refractivity (Wildman–Crippen MR) is 76.4 cm³/mol. The number of hydrogen-bond acceptors (Lipinski definition) is 3. The zero-order chi connectivity index (χ0) is 13.8. The molecule has 0 heterocycles. The zero-order valence-corrected chi connectivity index (χ0v) is 12.2. The van der Waals surface area contributed by atoms with E-state index in [0.717, 1.165) is 12.8 Å². The van der Waals surface area contributed by atoms with Crippen molar-refractivity contribution in [3.8, 4) is 0 Å². The summed E-state index contributed by atoms with van der Waals surface area (Å²) < 4.78 is 5.47. The maximum absolute atomic E-state index is 5.68. The van der Waals surface area contributed by atoms with Crippen molar-refractivity contribution >= 4 is 0 Å². The zero-order valence-electron chi connectivity index (χ0n) is 12.2. The summed E-state index contributed by atoms with van der Waals surface area (Å²) >= 11 is 0. The minimum Gasteiger partial charge on any atom is -0.379 e. The van der Waals surface area contributed by atoms with Gasteiger partial charge in [-0.1, -0.05) is 18.2 Å². The molecular weight excluding hydrogens is 224 g/mol. The molecule has 3 nitrogen and oxygen atoms in total. The van der Waals surface area contributed by atoms with Gasteiger partial charge in [-0.05, 0) is 57.2 Å². The Labute approximate surface area is 111 Å². The molecule has 0 aromatic heterocycles. The topological polar surface area (TPSA) is 47.3 Å². The third-order valence-electron chi connectivity index (χ3n) is 3.62. The number of hydrogen-bond donors (Lipinski definition) is 2. The van der Waals surface area contributed by atoms with E-state index in [0.29, 0.717) is 0 Å². The van der Waals surface area contributed by atoms with Gasteiger partial charge in [-0.3, -0.25) is 11.3 Å². The van der Waals surface area contributed by atoms with Gasteiger partial charge in [-0.25, -0.2) is 0 Å². The molecule has 0 aliphatic rings. The Bertz CT molecular complexity index is 368. The SMILES string of the molecule is COC(C)(C)CC(Cc1c(C)cccc1C)NN. The number of rotatable bonds is 6. The smallest absolute Gasteiger partial charge is 0.0638 e. The Hall–Kier alpha value is -0.900. The first-order valence-electron chi connectivity index (χ1n) is 6.46. The largest absolute Gasteiger partial charge is 0.379 e. The number of nitrogens with one attached hydrogen (secondary N) is 1. The summed E-state index contributed by atoms with van der Waals surface area (Å²) in [5.41, 5.74) is 6.79. The lowest BCUT2D eigenvalue weighted by molar-refractivity contribution is 0.00708. The van der Waals surface area contributed by atoms with Gasteiger partial charge >= 0.3 is 0 Å². The molecule has 1 aromatic rings. The fourth-order valence-corrected chi connectivity index (χ4v) is 2.28. The average molecular weight is 250 g/mol. The maximum atomic E-state index is 5.68. The van der Waals surface area contributed by atoms with Gasteiger partial charge in [-0.15, -0.1) is 0 Å². The fraction of sp³-hybridized carbons (Fsp3) is 0.600. The predicted octanol–water partition coefficient (Wildman–Crippen LogP) is 2.49. The number of nitrogens with two attached hydrogens (primary N) is 1. The fourth-order valence-electron chi connectivity index (χ4n) is 2.28. The van der Waals surface area contributed by atoms with E-state index in [9.17, 15) is 0 Å². The highest BCUT2D eigenvalue weighted by molar-refractivity contribution is 5.34. The second kappa shape index (κ2) is 6.32. The second-order valence-corrected chi connectivity index (χ2v) is 5.61. The van der Waals surface area contributed by atoms with Crippen molar-refractivity contribution in [2.24, 2.45) is 5.84 Å². The molecule has 1 unspecified atom stereocenters. The van der Waals surface area contributed by atoms with Gasteiger partial charge in [-0.2, -0.15) is 0 Å². The van der Waals surface area contributed by atoms with Crippen LogP contribution in [0.15, 0.2) is 18.2 Å². The van der Waals surface area contributed by atoms with Crippen molar-refractivity contribution < 1.29 is 4.74 Å². The lowest BCUT2D eigenvalue weighted by Crippen LogP contribution is -2.42. The van der Waals surface area contributed by atoms with Crippen molar-refractivity contribution in [2.75, 3.05) is 7.11 Å². The first-order valence-corrected chi connectivity index (χ1v) is 6.46. The second-order valence-electron chi connectivity index (χ2n) is 5.61. The molecule has 0 bridgehead atoms. The van der Waals surface area contributed by atoms with Crippen molar-refractivity contribution in [2.45, 2.75) is 52.2 Å². The average Bonchev–Trinajstić information content (AvgIpc) is 2.32. The van der Waals surface area contributed by atoms with Gasteiger partial charge in [0.25, 0.3) is 0 Å². The first-order chi connectivity index (χ1) is 8.39. The summed E-state index contributed by atoms with van der Waals surface area (Å²) in [6.45, 7) is 8.47. The number of aryl methyl sites for hydroxylation is 2. The quantitative estimate of drug-likeness (QED) is 0.602. The summed E-state index contributed by atoms with van der Waals surface area (Å²) in [5, 5.41) is 0. The third-order valence-corrected chi connectivity index (χ3v) is 3.62. The van der Waals surface area contributed by atoms with E-state index in [-0.39, 0.29) is 11.6 Å². The van der Waals surface area contributed by atoms with Gasteiger partial charge in [0.2, 0.25) is 0 Å². The lowest BCUT2D eigenvalue weighted by Gasteiger charge is -2.29. The van der Waals surface area contributed by atoms with E-state index in [1.165, 1.54) is 16.7 Å². The first kappa shape index (κ1) is 15.2. The molecule has 1 aromatic carbocycles. The molecule has 3 N–H and O–H groups in total. The van der Waals surface area contributed by atoms with Crippen LogP contribution in [0.25, 0.3) is 0 Å². The van der Waals surface area contributed by atoms with Gasteiger partial charge in [0, 0.05) is 13.2 Å². The van der Waals surface area contributed by atoms with Gasteiger partial charge in [0.15, 0.2) is 0 Å². The normalized spacial score (nSPS) is 13.7. The van der Waals surface area contributed by atoms with Crippen molar-refractivity contribution in [1.82, 2.24) is 5.43 Å². The summed E-state index contributed by atoms with van der Waals surface area (Å²) in [7, 11) is 1.74. The van der Waals surface area contributed by atoms with E-state index in [1.54, 1.807) is 7.11 Å². The van der Waals surface area contributed by atoms with E-state index >= 15 is 0 Å². The minimum absolute atomic E-state index is 0.159. The highest BCUT2D eigenvalue weighted by Gasteiger charge is 2.23. The molecule has 0 amide bonds. The van der Waals surface area contributed by atoms with Gasteiger partial charge < -0.3 is 4.74 Å². The molecule has 1 rings (SSSR count). The van der Waals surface area contributed by atoms with Crippen LogP contribution in [0.4, 0.5) is 0 Å².